The van der Waals surface area contributed by atoms with Crippen molar-refractivity contribution < 1.29 is 19.6 Å². The summed E-state index contributed by atoms with van der Waals surface area (Å²) in [6.07, 6.45) is 3.98. The Bertz CT molecular complexity index is 716. The largest absolute Gasteiger partial charge is 0.488 e. The molecule has 0 aliphatic carbocycles. The normalized spacial score (nSPS) is 11.4. The van der Waals surface area contributed by atoms with Gasteiger partial charge in [-0.25, -0.2) is 4.79 Å². The topological polar surface area (TPSA) is 105 Å². The van der Waals surface area contributed by atoms with Crippen LogP contribution in [0.3, 0.4) is 0 Å². The summed E-state index contributed by atoms with van der Waals surface area (Å²) in [7, 11) is -1.56. The summed E-state index contributed by atoms with van der Waals surface area (Å²) in [6.45, 7) is 5.87. The van der Waals surface area contributed by atoms with E-state index in [-0.39, 0.29) is 0 Å². The standard InChI is InChI=1S/C16H22BN3O4/c1-16(2,3)24-15(21)20-6-4-5-11-9-12(17(22)23)10-13-14(11)19-8-7-18-13/h7-10,22-23H,4-6H2,1-3H3,(H,20,21). The predicted octanol–water partition coefficient (Wildman–Crippen LogP) is 0.767. The molecule has 1 heterocycles. The van der Waals surface area contributed by atoms with Gasteiger partial charge in [-0.15, -0.1) is 0 Å². The van der Waals surface area contributed by atoms with Crippen LogP contribution in [0.5, 0.6) is 0 Å². The lowest BCUT2D eigenvalue weighted by atomic mass is 9.79. The van der Waals surface area contributed by atoms with Gasteiger partial charge in [-0.1, -0.05) is 6.07 Å². The molecule has 24 heavy (non-hydrogen) atoms. The zero-order valence-corrected chi connectivity index (χ0v) is 14.1. The molecular formula is C16H22BN3O4. The molecule has 1 aromatic carbocycles. The number of nitrogens with one attached hydrogen (secondary N) is 1. The summed E-state index contributed by atoms with van der Waals surface area (Å²) in [5, 5.41) is 21.5. The third-order valence-electron chi connectivity index (χ3n) is 3.26. The molecule has 1 aromatic heterocycles. The van der Waals surface area contributed by atoms with Crippen molar-refractivity contribution in [2.75, 3.05) is 6.54 Å². The molecule has 0 fully saturated rings. The maximum atomic E-state index is 11.6. The van der Waals surface area contributed by atoms with Gasteiger partial charge >= 0.3 is 13.2 Å². The van der Waals surface area contributed by atoms with Crippen LogP contribution in [0, 0.1) is 0 Å². The van der Waals surface area contributed by atoms with Crippen molar-refractivity contribution in [1.29, 1.82) is 0 Å². The van der Waals surface area contributed by atoms with Gasteiger partial charge < -0.3 is 20.1 Å². The van der Waals surface area contributed by atoms with Gasteiger partial charge in [0.05, 0.1) is 11.0 Å². The van der Waals surface area contributed by atoms with Crippen LogP contribution in [-0.2, 0) is 11.2 Å². The molecule has 2 rings (SSSR count). The number of hydrogen-bond donors (Lipinski definition) is 3. The monoisotopic (exact) mass is 331 g/mol. The zero-order valence-electron chi connectivity index (χ0n) is 14.1. The Morgan fingerprint density at radius 1 is 1.25 bits per heavy atom. The van der Waals surface area contributed by atoms with Crippen LogP contribution >= 0.6 is 0 Å². The number of nitrogens with zero attached hydrogens (tertiary/aromatic N) is 2. The van der Waals surface area contributed by atoms with Crippen molar-refractivity contribution in [3.05, 3.63) is 30.1 Å². The van der Waals surface area contributed by atoms with Crippen molar-refractivity contribution >= 4 is 29.7 Å². The van der Waals surface area contributed by atoms with Gasteiger partial charge in [-0.05, 0) is 50.7 Å². The minimum atomic E-state index is -1.56. The third-order valence-corrected chi connectivity index (χ3v) is 3.26. The van der Waals surface area contributed by atoms with Gasteiger partial charge in [0.25, 0.3) is 0 Å². The highest BCUT2D eigenvalue weighted by atomic mass is 16.6. The van der Waals surface area contributed by atoms with Gasteiger partial charge in [-0.2, -0.15) is 0 Å². The molecular weight excluding hydrogens is 309 g/mol. The quantitative estimate of drug-likeness (QED) is 0.552. The van der Waals surface area contributed by atoms with E-state index >= 15 is 0 Å². The van der Waals surface area contributed by atoms with E-state index in [1.807, 2.05) is 20.8 Å². The lowest BCUT2D eigenvalue weighted by Gasteiger charge is -2.19. The van der Waals surface area contributed by atoms with Crippen LogP contribution in [0.4, 0.5) is 4.79 Å². The van der Waals surface area contributed by atoms with Crippen molar-refractivity contribution in [2.24, 2.45) is 0 Å². The first-order valence-electron chi connectivity index (χ1n) is 7.83. The van der Waals surface area contributed by atoms with E-state index in [0.29, 0.717) is 30.4 Å². The number of carbonyl (C=O) groups excluding carboxylic acids is 1. The molecule has 2 aromatic rings. The van der Waals surface area contributed by atoms with E-state index in [0.717, 1.165) is 11.1 Å². The first kappa shape index (κ1) is 18.2. The number of rotatable bonds is 5. The minimum Gasteiger partial charge on any atom is -0.444 e. The fourth-order valence-electron chi connectivity index (χ4n) is 2.29. The Kier molecular flexibility index (Phi) is 5.74. The number of aryl methyl sites for hydroxylation is 1. The van der Waals surface area contributed by atoms with Crippen LogP contribution < -0.4 is 10.8 Å². The fourth-order valence-corrected chi connectivity index (χ4v) is 2.29. The first-order chi connectivity index (χ1) is 11.3. The molecule has 1 amide bonds. The van der Waals surface area contributed by atoms with Crippen molar-refractivity contribution in [3.63, 3.8) is 0 Å². The van der Waals surface area contributed by atoms with Gasteiger partial charge in [0.2, 0.25) is 0 Å². The van der Waals surface area contributed by atoms with E-state index in [1.54, 1.807) is 24.5 Å². The lowest BCUT2D eigenvalue weighted by molar-refractivity contribution is 0.0527. The summed E-state index contributed by atoms with van der Waals surface area (Å²) in [6, 6.07) is 3.31. The van der Waals surface area contributed by atoms with Crippen molar-refractivity contribution in [1.82, 2.24) is 15.3 Å². The third kappa shape index (κ3) is 5.18. The molecule has 0 unspecified atom stereocenters. The zero-order chi connectivity index (χ0) is 17.7. The highest BCUT2D eigenvalue weighted by Crippen LogP contribution is 2.14. The van der Waals surface area contributed by atoms with Crippen molar-refractivity contribution in [3.8, 4) is 0 Å². The van der Waals surface area contributed by atoms with Crippen molar-refractivity contribution in [2.45, 2.75) is 39.2 Å². The number of alkyl carbamates (subject to hydrolysis) is 1. The first-order valence-corrected chi connectivity index (χ1v) is 7.83. The number of hydrogen-bond acceptors (Lipinski definition) is 6. The predicted molar refractivity (Wildman–Crippen MR) is 91.9 cm³/mol. The summed E-state index contributed by atoms with van der Waals surface area (Å²) in [5.74, 6) is 0. The van der Waals surface area contributed by atoms with Gasteiger partial charge in [0, 0.05) is 18.9 Å². The van der Waals surface area contributed by atoms with E-state index in [9.17, 15) is 14.8 Å². The molecule has 0 aliphatic heterocycles. The van der Waals surface area contributed by atoms with E-state index in [2.05, 4.69) is 15.3 Å². The maximum Gasteiger partial charge on any atom is 0.488 e. The SMILES string of the molecule is CC(C)(C)OC(=O)NCCCc1cc(B(O)O)cc2nccnc12. The Balaban J connectivity index is 2.01. The van der Waals surface area contributed by atoms with E-state index in [4.69, 9.17) is 4.74 Å². The summed E-state index contributed by atoms with van der Waals surface area (Å²) in [4.78, 5) is 20.1. The smallest absolute Gasteiger partial charge is 0.444 e. The van der Waals surface area contributed by atoms with Crippen LogP contribution in [0.15, 0.2) is 24.5 Å². The molecule has 8 heteroatoms. The summed E-state index contributed by atoms with van der Waals surface area (Å²) < 4.78 is 5.17. The number of ether oxygens (including phenoxy) is 1. The molecule has 0 saturated carbocycles. The second-order valence-electron chi connectivity index (χ2n) is 6.51. The molecule has 0 aliphatic rings. The Labute approximate surface area is 141 Å². The second kappa shape index (κ2) is 7.59. The highest BCUT2D eigenvalue weighted by molar-refractivity contribution is 6.58. The molecule has 3 N–H and O–H groups in total. The average Bonchev–Trinajstić information content (AvgIpc) is 2.49. The molecule has 128 valence electrons. The lowest BCUT2D eigenvalue weighted by Crippen LogP contribution is -2.33. The maximum absolute atomic E-state index is 11.6. The number of fused-ring (bicyclic) bond motifs is 1. The number of carbonyl (C=O) groups is 1. The molecule has 0 spiro atoms. The Hall–Kier alpha value is -2.19. The number of aromatic nitrogens is 2. The minimum absolute atomic E-state index is 0.373. The molecule has 0 saturated heterocycles. The Morgan fingerprint density at radius 3 is 2.62 bits per heavy atom. The summed E-state index contributed by atoms with van der Waals surface area (Å²) >= 11 is 0. The fraction of sp³-hybridized carbons (Fsp3) is 0.438. The number of amides is 1. The number of benzene rings is 1. The van der Waals surface area contributed by atoms with Crippen LogP contribution in [0.2, 0.25) is 0 Å². The van der Waals surface area contributed by atoms with Crippen LogP contribution in [0.25, 0.3) is 11.0 Å². The second-order valence-corrected chi connectivity index (χ2v) is 6.51. The molecule has 7 nitrogen and oxygen atoms in total. The average molecular weight is 331 g/mol. The molecule has 0 radical (unpaired) electrons. The van der Waals surface area contributed by atoms with E-state index < -0.39 is 18.8 Å². The molecule has 0 atom stereocenters. The van der Waals surface area contributed by atoms with Gasteiger partial charge in [0.15, 0.2) is 0 Å². The molecule has 0 bridgehead atoms. The van der Waals surface area contributed by atoms with Crippen LogP contribution in [0.1, 0.15) is 32.8 Å². The van der Waals surface area contributed by atoms with Gasteiger partial charge in [-0.3, -0.25) is 9.97 Å². The van der Waals surface area contributed by atoms with E-state index in [1.165, 1.54) is 0 Å². The summed E-state index contributed by atoms with van der Waals surface area (Å²) in [5.41, 5.74) is 2.03. The van der Waals surface area contributed by atoms with Gasteiger partial charge in [0.1, 0.15) is 5.60 Å². The Morgan fingerprint density at radius 2 is 1.96 bits per heavy atom. The van der Waals surface area contributed by atoms with Crippen LogP contribution in [-0.4, -0.2) is 45.4 Å². The highest BCUT2D eigenvalue weighted by Gasteiger charge is 2.17.